The minimum atomic E-state index is -0.0850. The molecule has 3 aromatic heterocycles. The molecular formula is C21H20N6O. The quantitative estimate of drug-likeness (QED) is 0.541. The topological polar surface area (TPSA) is 77.6 Å². The van der Waals surface area contributed by atoms with E-state index in [1.807, 2.05) is 56.5 Å². The van der Waals surface area contributed by atoms with Crippen molar-refractivity contribution in [2.45, 2.75) is 20.4 Å². The molecule has 4 rings (SSSR count). The Kier molecular flexibility index (Phi) is 4.72. The predicted octanol–water partition coefficient (Wildman–Crippen LogP) is 3.69. The highest BCUT2D eigenvalue weighted by molar-refractivity contribution is 5.75. The van der Waals surface area contributed by atoms with E-state index in [4.69, 9.17) is 0 Å². The van der Waals surface area contributed by atoms with Crippen LogP contribution in [-0.2, 0) is 6.54 Å². The number of allylic oxidation sites excluding steroid dienone is 2. The smallest absolute Gasteiger partial charge is 0.252 e. The van der Waals surface area contributed by atoms with Gasteiger partial charge < -0.3 is 5.32 Å². The molecule has 7 nitrogen and oxygen atoms in total. The Morgan fingerprint density at radius 2 is 1.96 bits per heavy atom. The van der Waals surface area contributed by atoms with E-state index in [1.54, 1.807) is 33.8 Å². The molecule has 140 valence electrons. The standard InChI is InChI=1S/C21H20N6O/c1-15(2)10-13-26-19(28)9-4-16-14-22-21(25-20(16)26)24-17-5-7-18(8-6-17)27-12-3-11-23-27/h3-12,14H,13H2,1-2H3,(H,22,24,25). The summed E-state index contributed by atoms with van der Waals surface area (Å²) >= 11 is 0. The van der Waals surface area contributed by atoms with Crippen LogP contribution in [0.1, 0.15) is 13.8 Å². The van der Waals surface area contributed by atoms with E-state index in [-0.39, 0.29) is 5.56 Å². The molecule has 0 aliphatic heterocycles. The molecule has 7 heteroatoms. The molecule has 0 saturated heterocycles. The average molecular weight is 372 g/mol. The number of aromatic nitrogens is 5. The number of hydrogen-bond acceptors (Lipinski definition) is 5. The van der Waals surface area contributed by atoms with Gasteiger partial charge in [-0.1, -0.05) is 11.6 Å². The molecule has 0 fully saturated rings. The van der Waals surface area contributed by atoms with E-state index in [9.17, 15) is 4.79 Å². The molecule has 0 atom stereocenters. The van der Waals surface area contributed by atoms with Crippen molar-refractivity contribution < 1.29 is 0 Å². The van der Waals surface area contributed by atoms with Crippen molar-refractivity contribution in [2.75, 3.05) is 5.32 Å². The van der Waals surface area contributed by atoms with Crippen LogP contribution in [0.15, 0.2) is 77.5 Å². The zero-order valence-corrected chi connectivity index (χ0v) is 15.7. The maximum Gasteiger partial charge on any atom is 0.252 e. The van der Waals surface area contributed by atoms with Gasteiger partial charge in [-0.05, 0) is 50.2 Å². The lowest BCUT2D eigenvalue weighted by molar-refractivity contribution is 0.797. The minimum absolute atomic E-state index is 0.0850. The van der Waals surface area contributed by atoms with Gasteiger partial charge in [0.05, 0.1) is 5.69 Å². The molecule has 28 heavy (non-hydrogen) atoms. The molecule has 0 saturated carbocycles. The summed E-state index contributed by atoms with van der Waals surface area (Å²) in [6, 6.07) is 13.0. The van der Waals surface area contributed by atoms with Gasteiger partial charge in [-0.25, -0.2) is 9.67 Å². The number of hydrogen-bond donors (Lipinski definition) is 1. The fourth-order valence-electron chi connectivity index (χ4n) is 2.83. The summed E-state index contributed by atoms with van der Waals surface area (Å²) in [6.07, 6.45) is 7.36. The summed E-state index contributed by atoms with van der Waals surface area (Å²) in [5, 5.41) is 8.23. The van der Waals surface area contributed by atoms with Crippen LogP contribution in [0.25, 0.3) is 16.7 Å². The van der Waals surface area contributed by atoms with E-state index >= 15 is 0 Å². The predicted molar refractivity (Wildman–Crippen MR) is 110 cm³/mol. The first-order valence-corrected chi connectivity index (χ1v) is 8.97. The van der Waals surface area contributed by atoms with Crippen LogP contribution in [0, 0.1) is 0 Å². The minimum Gasteiger partial charge on any atom is -0.324 e. The Hall–Kier alpha value is -3.74. The Bertz CT molecular complexity index is 1190. The second kappa shape index (κ2) is 7.48. The van der Waals surface area contributed by atoms with Crippen molar-refractivity contribution >= 4 is 22.7 Å². The fraction of sp³-hybridized carbons (Fsp3) is 0.143. The van der Waals surface area contributed by atoms with Crippen LogP contribution in [0.5, 0.6) is 0 Å². The highest BCUT2D eigenvalue weighted by Crippen LogP contribution is 2.18. The van der Waals surface area contributed by atoms with Crippen LogP contribution in [0.4, 0.5) is 11.6 Å². The van der Waals surface area contributed by atoms with Crippen molar-refractivity contribution in [3.63, 3.8) is 0 Å². The zero-order chi connectivity index (χ0) is 19.5. The van der Waals surface area contributed by atoms with Crippen LogP contribution < -0.4 is 10.9 Å². The van der Waals surface area contributed by atoms with Gasteiger partial charge in [0.1, 0.15) is 5.65 Å². The first-order valence-electron chi connectivity index (χ1n) is 8.97. The summed E-state index contributed by atoms with van der Waals surface area (Å²) in [7, 11) is 0. The van der Waals surface area contributed by atoms with Gasteiger partial charge in [-0.3, -0.25) is 9.36 Å². The summed E-state index contributed by atoms with van der Waals surface area (Å²) < 4.78 is 3.44. The van der Waals surface area contributed by atoms with Gasteiger partial charge in [-0.15, -0.1) is 0 Å². The van der Waals surface area contributed by atoms with Crippen molar-refractivity contribution in [3.8, 4) is 5.69 Å². The van der Waals surface area contributed by atoms with Gasteiger partial charge >= 0.3 is 0 Å². The van der Waals surface area contributed by atoms with Gasteiger partial charge in [-0.2, -0.15) is 10.1 Å². The van der Waals surface area contributed by atoms with Crippen molar-refractivity contribution in [1.82, 2.24) is 24.3 Å². The second-order valence-corrected chi connectivity index (χ2v) is 6.66. The third kappa shape index (κ3) is 3.68. The summed E-state index contributed by atoms with van der Waals surface area (Å²) in [5.41, 5.74) is 3.48. The molecule has 3 heterocycles. The third-order valence-electron chi connectivity index (χ3n) is 4.30. The average Bonchev–Trinajstić information content (AvgIpc) is 3.22. The highest BCUT2D eigenvalue weighted by Gasteiger charge is 2.07. The van der Waals surface area contributed by atoms with Crippen molar-refractivity contribution in [1.29, 1.82) is 0 Å². The SMILES string of the molecule is CC(C)=CCn1c(=O)ccc2cnc(Nc3ccc(-n4cccn4)cc3)nc21. The van der Waals surface area contributed by atoms with E-state index in [2.05, 4.69) is 20.4 Å². The molecular weight excluding hydrogens is 352 g/mol. The van der Waals surface area contributed by atoms with Crippen LogP contribution in [0.2, 0.25) is 0 Å². The zero-order valence-electron chi connectivity index (χ0n) is 15.7. The normalized spacial score (nSPS) is 10.8. The number of pyridine rings is 1. The van der Waals surface area contributed by atoms with E-state index in [0.29, 0.717) is 18.1 Å². The van der Waals surface area contributed by atoms with Crippen LogP contribution in [0.3, 0.4) is 0 Å². The molecule has 0 bridgehead atoms. The maximum atomic E-state index is 12.3. The highest BCUT2D eigenvalue weighted by atomic mass is 16.1. The number of anilines is 2. The Morgan fingerprint density at radius 3 is 2.68 bits per heavy atom. The van der Waals surface area contributed by atoms with Gasteiger partial charge in [0, 0.05) is 42.3 Å². The van der Waals surface area contributed by atoms with Gasteiger partial charge in [0.15, 0.2) is 0 Å². The first kappa shape index (κ1) is 17.7. The maximum absolute atomic E-state index is 12.3. The summed E-state index contributed by atoms with van der Waals surface area (Å²) in [6.45, 7) is 4.49. The Labute approximate surface area is 162 Å². The molecule has 1 N–H and O–H groups in total. The van der Waals surface area contributed by atoms with Crippen LogP contribution in [-0.4, -0.2) is 24.3 Å². The first-order chi connectivity index (χ1) is 13.6. The Morgan fingerprint density at radius 1 is 1.14 bits per heavy atom. The summed E-state index contributed by atoms with van der Waals surface area (Å²) in [4.78, 5) is 21.3. The molecule has 0 amide bonds. The molecule has 0 spiro atoms. The van der Waals surface area contributed by atoms with Crippen molar-refractivity contribution in [2.24, 2.45) is 0 Å². The fourth-order valence-corrected chi connectivity index (χ4v) is 2.83. The largest absolute Gasteiger partial charge is 0.324 e. The molecule has 0 unspecified atom stereocenters. The monoisotopic (exact) mass is 372 g/mol. The second-order valence-electron chi connectivity index (χ2n) is 6.66. The summed E-state index contributed by atoms with van der Waals surface area (Å²) in [5.74, 6) is 0.441. The van der Waals surface area contributed by atoms with E-state index in [1.165, 1.54) is 0 Å². The number of nitrogens with zero attached hydrogens (tertiary/aromatic N) is 5. The lowest BCUT2D eigenvalue weighted by Crippen LogP contribution is -2.20. The third-order valence-corrected chi connectivity index (χ3v) is 4.30. The molecule has 0 aliphatic rings. The lowest BCUT2D eigenvalue weighted by Gasteiger charge is -2.10. The molecule has 0 aliphatic carbocycles. The number of rotatable bonds is 5. The van der Waals surface area contributed by atoms with Gasteiger partial charge in [0.25, 0.3) is 5.56 Å². The Balaban J connectivity index is 1.65. The van der Waals surface area contributed by atoms with Gasteiger partial charge in [0.2, 0.25) is 5.95 Å². The van der Waals surface area contributed by atoms with Crippen molar-refractivity contribution in [3.05, 3.63) is 83.1 Å². The van der Waals surface area contributed by atoms with E-state index < -0.39 is 0 Å². The molecule has 4 aromatic rings. The number of nitrogens with one attached hydrogen (secondary N) is 1. The lowest BCUT2D eigenvalue weighted by atomic mass is 10.3. The van der Waals surface area contributed by atoms with Crippen LogP contribution >= 0.6 is 0 Å². The molecule has 1 aromatic carbocycles. The number of benzene rings is 1. The molecule has 0 radical (unpaired) electrons. The van der Waals surface area contributed by atoms with E-state index in [0.717, 1.165) is 22.3 Å². The number of fused-ring (bicyclic) bond motifs is 1.